The van der Waals surface area contributed by atoms with Gasteiger partial charge in [0.15, 0.2) is 0 Å². The third-order valence-corrected chi connectivity index (χ3v) is 3.67. The van der Waals surface area contributed by atoms with Crippen LogP contribution in [-0.4, -0.2) is 25.2 Å². The van der Waals surface area contributed by atoms with Crippen LogP contribution < -0.4 is 4.72 Å². The van der Waals surface area contributed by atoms with Crippen molar-refractivity contribution in [2.45, 2.75) is 12.8 Å². The molecule has 0 amide bonds. The highest BCUT2D eigenvalue weighted by atomic mass is 35.5. The van der Waals surface area contributed by atoms with Crippen molar-refractivity contribution >= 4 is 33.3 Å². The van der Waals surface area contributed by atoms with E-state index >= 15 is 0 Å². The molecule has 1 aromatic rings. The average molecular weight is 296 g/mol. The first-order chi connectivity index (χ1) is 8.30. The molecule has 8 heteroatoms. The molecule has 100 valence electrons. The fourth-order valence-corrected chi connectivity index (χ4v) is 2.61. The van der Waals surface area contributed by atoms with Gasteiger partial charge in [-0.2, -0.15) is 0 Å². The van der Waals surface area contributed by atoms with Crippen molar-refractivity contribution in [2.24, 2.45) is 0 Å². The number of benzene rings is 1. The Kier molecular flexibility index (Phi) is 4.92. The molecule has 0 saturated carbocycles. The molecule has 0 spiro atoms. The zero-order valence-electron chi connectivity index (χ0n) is 9.19. The number of aliphatic carboxylic acids is 1. The lowest BCUT2D eigenvalue weighted by Crippen LogP contribution is -2.17. The van der Waals surface area contributed by atoms with Crippen molar-refractivity contribution in [3.63, 3.8) is 0 Å². The summed E-state index contributed by atoms with van der Waals surface area (Å²) in [7, 11) is -3.69. The molecule has 0 aromatic heterocycles. The van der Waals surface area contributed by atoms with Gasteiger partial charge >= 0.3 is 5.97 Å². The van der Waals surface area contributed by atoms with E-state index in [2.05, 4.69) is 4.72 Å². The van der Waals surface area contributed by atoms with Gasteiger partial charge in [0.1, 0.15) is 5.82 Å². The van der Waals surface area contributed by atoms with Gasteiger partial charge in [-0.3, -0.25) is 9.52 Å². The molecule has 1 aromatic carbocycles. The number of anilines is 1. The molecule has 0 unspecified atom stereocenters. The zero-order valence-corrected chi connectivity index (χ0v) is 10.8. The van der Waals surface area contributed by atoms with Crippen LogP contribution >= 0.6 is 11.6 Å². The molecule has 18 heavy (non-hydrogen) atoms. The van der Waals surface area contributed by atoms with Crippen molar-refractivity contribution in [1.82, 2.24) is 0 Å². The van der Waals surface area contributed by atoms with Crippen LogP contribution in [0.5, 0.6) is 0 Å². The van der Waals surface area contributed by atoms with Gasteiger partial charge in [0.05, 0.1) is 16.5 Å². The molecular weight excluding hydrogens is 285 g/mol. The predicted octanol–water partition coefficient (Wildman–Crippen LogP) is 2.09. The molecule has 0 bridgehead atoms. The van der Waals surface area contributed by atoms with E-state index < -0.39 is 21.8 Å². The number of carbonyl (C=O) groups is 1. The van der Waals surface area contributed by atoms with Crippen LogP contribution in [0.15, 0.2) is 18.2 Å². The van der Waals surface area contributed by atoms with Crippen molar-refractivity contribution in [3.05, 3.63) is 29.0 Å². The molecule has 0 atom stereocenters. The van der Waals surface area contributed by atoms with E-state index in [0.29, 0.717) is 0 Å². The fraction of sp³-hybridized carbons (Fsp3) is 0.300. The smallest absolute Gasteiger partial charge is 0.303 e. The molecule has 1 rings (SSSR count). The van der Waals surface area contributed by atoms with Gasteiger partial charge < -0.3 is 5.11 Å². The Labute approximate surface area is 109 Å². The van der Waals surface area contributed by atoms with E-state index in [0.717, 1.165) is 12.1 Å². The number of carboxylic acid groups (broad SMARTS) is 1. The highest BCUT2D eigenvalue weighted by molar-refractivity contribution is 7.92. The third-order valence-electron chi connectivity index (χ3n) is 2.00. The van der Waals surface area contributed by atoms with Crippen LogP contribution in [0.2, 0.25) is 5.02 Å². The number of halogens is 2. The summed E-state index contributed by atoms with van der Waals surface area (Å²) in [5, 5.41) is 8.34. The Morgan fingerprint density at radius 1 is 1.44 bits per heavy atom. The van der Waals surface area contributed by atoms with E-state index in [1.165, 1.54) is 6.07 Å². The maximum atomic E-state index is 12.7. The second kappa shape index (κ2) is 6.01. The summed E-state index contributed by atoms with van der Waals surface area (Å²) in [6, 6.07) is 3.25. The quantitative estimate of drug-likeness (QED) is 0.841. The standard InChI is InChI=1S/C10H11ClFNO4S/c11-8-6-7(12)3-4-9(8)13-18(16,17)5-1-2-10(14)15/h3-4,6,13H,1-2,5H2,(H,14,15). The third kappa shape index (κ3) is 4.89. The molecule has 0 aliphatic carbocycles. The van der Waals surface area contributed by atoms with Crippen molar-refractivity contribution in [1.29, 1.82) is 0 Å². The Bertz CT molecular complexity index is 547. The second-order valence-electron chi connectivity index (χ2n) is 3.54. The van der Waals surface area contributed by atoms with E-state index in [1.807, 2.05) is 0 Å². The molecule has 0 radical (unpaired) electrons. The van der Waals surface area contributed by atoms with Crippen LogP contribution in [0, 0.1) is 5.82 Å². The molecule has 0 fully saturated rings. The number of sulfonamides is 1. The Morgan fingerprint density at radius 2 is 2.11 bits per heavy atom. The molecule has 0 heterocycles. The maximum Gasteiger partial charge on any atom is 0.303 e. The van der Waals surface area contributed by atoms with E-state index in [-0.39, 0.29) is 29.3 Å². The first-order valence-corrected chi connectivity index (χ1v) is 7.00. The molecule has 5 nitrogen and oxygen atoms in total. The normalized spacial score (nSPS) is 11.2. The van der Waals surface area contributed by atoms with Crippen molar-refractivity contribution < 1.29 is 22.7 Å². The van der Waals surface area contributed by atoms with Crippen LogP contribution in [0.25, 0.3) is 0 Å². The molecule has 0 aliphatic rings. The van der Waals surface area contributed by atoms with Crippen molar-refractivity contribution in [3.8, 4) is 0 Å². The highest BCUT2D eigenvalue weighted by Gasteiger charge is 2.13. The maximum absolute atomic E-state index is 12.7. The monoisotopic (exact) mass is 295 g/mol. The Balaban J connectivity index is 2.67. The Morgan fingerprint density at radius 3 is 2.67 bits per heavy atom. The van der Waals surface area contributed by atoms with Gasteiger partial charge in [0, 0.05) is 6.42 Å². The first-order valence-electron chi connectivity index (χ1n) is 4.97. The summed E-state index contributed by atoms with van der Waals surface area (Å²) in [6.45, 7) is 0. The number of hydrogen-bond acceptors (Lipinski definition) is 3. The average Bonchev–Trinajstić information content (AvgIpc) is 2.21. The number of hydrogen-bond donors (Lipinski definition) is 2. The number of nitrogens with one attached hydrogen (secondary N) is 1. The van der Waals surface area contributed by atoms with E-state index in [4.69, 9.17) is 16.7 Å². The molecule has 2 N–H and O–H groups in total. The van der Waals surface area contributed by atoms with Crippen LogP contribution in [0.1, 0.15) is 12.8 Å². The summed E-state index contributed by atoms with van der Waals surface area (Å²) >= 11 is 5.66. The van der Waals surface area contributed by atoms with Gasteiger partial charge in [-0.25, -0.2) is 12.8 Å². The minimum Gasteiger partial charge on any atom is -0.481 e. The minimum absolute atomic E-state index is 0.0104. The molecule has 0 saturated heterocycles. The van der Waals surface area contributed by atoms with Gasteiger partial charge in [0.25, 0.3) is 0 Å². The number of carboxylic acids is 1. The van der Waals surface area contributed by atoms with Gasteiger partial charge in [0.2, 0.25) is 10.0 Å². The summed E-state index contributed by atoms with van der Waals surface area (Å²) in [6.07, 6.45) is -0.248. The minimum atomic E-state index is -3.69. The SMILES string of the molecule is O=C(O)CCCS(=O)(=O)Nc1ccc(F)cc1Cl. The highest BCUT2D eigenvalue weighted by Crippen LogP contribution is 2.23. The zero-order chi connectivity index (χ0) is 13.8. The fourth-order valence-electron chi connectivity index (χ4n) is 1.20. The lowest BCUT2D eigenvalue weighted by molar-refractivity contribution is -0.137. The van der Waals surface area contributed by atoms with Crippen LogP contribution in [-0.2, 0) is 14.8 Å². The second-order valence-corrected chi connectivity index (χ2v) is 5.79. The van der Waals surface area contributed by atoms with Gasteiger partial charge in [-0.05, 0) is 24.6 Å². The summed E-state index contributed by atoms with van der Waals surface area (Å²) in [5.74, 6) is -1.98. The summed E-state index contributed by atoms with van der Waals surface area (Å²) < 4.78 is 38.0. The van der Waals surface area contributed by atoms with E-state index in [9.17, 15) is 17.6 Å². The first kappa shape index (κ1) is 14.7. The summed E-state index contributed by atoms with van der Waals surface area (Å²) in [4.78, 5) is 10.3. The van der Waals surface area contributed by atoms with Crippen molar-refractivity contribution in [2.75, 3.05) is 10.5 Å². The lowest BCUT2D eigenvalue weighted by atomic mass is 10.3. The topological polar surface area (TPSA) is 83.5 Å². The molecular formula is C10H11ClFNO4S. The predicted molar refractivity (Wildman–Crippen MR) is 65.7 cm³/mol. The van der Waals surface area contributed by atoms with Crippen LogP contribution in [0.3, 0.4) is 0 Å². The summed E-state index contributed by atoms with van der Waals surface area (Å²) in [5.41, 5.74) is 0.0633. The molecule has 0 aliphatic heterocycles. The van der Waals surface area contributed by atoms with Crippen LogP contribution in [0.4, 0.5) is 10.1 Å². The van der Waals surface area contributed by atoms with Gasteiger partial charge in [-0.15, -0.1) is 0 Å². The lowest BCUT2D eigenvalue weighted by Gasteiger charge is -2.08. The largest absolute Gasteiger partial charge is 0.481 e. The van der Waals surface area contributed by atoms with E-state index in [1.54, 1.807) is 0 Å². The number of rotatable bonds is 6. The van der Waals surface area contributed by atoms with Gasteiger partial charge in [-0.1, -0.05) is 11.6 Å². The Hall–Kier alpha value is -1.34.